The highest BCUT2D eigenvalue weighted by Crippen LogP contribution is 2.34. The van der Waals surface area contributed by atoms with Gasteiger partial charge in [-0.15, -0.1) is 0 Å². The number of rotatable bonds is 6. The van der Waals surface area contributed by atoms with Crippen LogP contribution in [0.15, 0.2) is 24.3 Å². The number of aldehydes is 1. The molecule has 0 radical (unpaired) electrons. The fraction of sp³-hybridized carbons (Fsp3) is 0.556. The van der Waals surface area contributed by atoms with Gasteiger partial charge in [-0.25, -0.2) is 4.79 Å². The lowest BCUT2D eigenvalue weighted by molar-refractivity contribution is -0.108. The molecule has 1 aromatic carbocycles. The summed E-state index contributed by atoms with van der Waals surface area (Å²) in [6.45, 7) is 0. The first-order valence-corrected chi connectivity index (χ1v) is 7.86. The molecular weight excluding hydrogens is 264 g/mol. The minimum atomic E-state index is -0.319. The van der Waals surface area contributed by atoms with Crippen molar-refractivity contribution in [1.82, 2.24) is 0 Å². The number of benzene rings is 1. The summed E-state index contributed by atoms with van der Waals surface area (Å²) in [5.41, 5.74) is 1.71. The number of hydrogen-bond donors (Lipinski definition) is 0. The molecule has 0 aromatic heterocycles. The van der Waals surface area contributed by atoms with Crippen LogP contribution in [0.2, 0.25) is 0 Å². The van der Waals surface area contributed by atoms with Gasteiger partial charge in [0.15, 0.2) is 0 Å². The van der Waals surface area contributed by atoms with Gasteiger partial charge in [0.25, 0.3) is 0 Å². The number of carbonyl (C=O) groups excluding carboxylic acids is 2. The third-order valence-electron chi connectivity index (χ3n) is 4.53. The van der Waals surface area contributed by atoms with E-state index in [2.05, 4.69) is 0 Å². The van der Waals surface area contributed by atoms with Crippen molar-refractivity contribution in [3.63, 3.8) is 0 Å². The molecule has 21 heavy (non-hydrogen) atoms. The van der Waals surface area contributed by atoms with Crippen molar-refractivity contribution in [2.75, 3.05) is 7.11 Å². The van der Waals surface area contributed by atoms with Crippen molar-refractivity contribution in [1.29, 1.82) is 0 Å². The van der Waals surface area contributed by atoms with E-state index < -0.39 is 0 Å². The summed E-state index contributed by atoms with van der Waals surface area (Å²) in [7, 11) is 1.38. The molecule has 0 amide bonds. The maximum Gasteiger partial charge on any atom is 0.337 e. The Morgan fingerprint density at radius 3 is 2.48 bits per heavy atom. The van der Waals surface area contributed by atoms with Crippen molar-refractivity contribution in [2.24, 2.45) is 5.92 Å². The third kappa shape index (κ3) is 4.42. The minimum absolute atomic E-state index is 0.275. The molecule has 0 bridgehead atoms. The zero-order valence-electron chi connectivity index (χ0n) is 12.7. The molecule has 3 nitrogen and oxygen atoms in total. The van der Waals surface area contributed by atoms with E-state index in [0.29, 0.717) is 12.0 Å². The van der Waals surface area contributed by atoms with Gasteiger partial charge in [0, 0.05) is 6.42 Å². The molecule has 0 aliphatic heterocycles. The van der Waals surface area contributed by atoms with Gasteiger partial charge in [-0.1, -0.05) is 44.2 Å². The zero-order chi connectivity index (χ0) is 15.1. The molecule has 1 aliphatic rings. The maximum atomic E-state index is 11.5. The third-order valence-corrected chi connectivity index (χ3v) is 4.53. The first-order chi connectivity index (χ1) is 10.2. The average Bonchev–Trinajstić information content (AvgIpc) is 2.55. The molecule has 0 heterocycles. The quantitative estimate of drug-likeness (QED) is 0.584. The van der Waals surface area contributed by atoms with Crippen LogP contribution in [0.1, 0.15) is 66.8 Å². The summed E-state index contributed by atoms with van der Waals surface area (Å²) in [6, 6.07) is 7.51. The molecule has 0 N–H and O–H groups in total. The number of esters is 1. The van der Waals surface area contributed by atoms with Crippen molar-refractivity contribution >= 4 is 12.3 Å². The van der Waals surface area contributed by atoms with Crippen LogP contribution in [-0.2, 0) is 9.53 Å². The van der Waals surface area contributed by atoms with E-state index in [-0.39, 0.29) is 11.9 Å². The molecule has 114 valence electrons. The van der Waals surface area contributed by atoms with Gasteiger partial charge in [-0.2, -0.15) is 0 Å². The molecule has 0 spiro atoms. The van der Waals surface area contributed by atoms with Gasteiger partial charge < -0.3 is 9.53 Å². The largest absolute Gasteiger partial charge is 0.465 e. The van der Waals surface area contributed by atoms with Crippen LogP contribution in [0.25, 0.3) is 0 Å². The molecule has 1 saturated carbocycles. The molecule has 1 aliphatic carbocycles. The molecule has 1 fully saturated rings. The van der Waals surface area contributed by atoms with Crippen LogP contribution < -0.4 is 0 Å². The van der Waals surface area contributed by atoms with E-state index in [1.54, 1.807) is 12.1 Å². The van der Waals surface area contributed by atoms with Crippen LogP contribution in [0.3, 0.4) is 0 Å². The monoisotopic (exact) mass is 288 g/mol. The summed E-state index contributed by atoms with van der Waals surface area (Å²) in [4.78, 5) is 22.4. The zero-order valence-corrected chi connectivity index (χ0v) is 12.7. The summed E-state index contributed by atoms with van der Waals surface area (Å²) >= 11 is 0. The Balaban J connectivity index is 2.05. The van der Waals surface area contributed by atoms with E-state index in [0.717, 1.165) is 24.2 Å². The van der Waals surface area contributed by atoms with E-state index in [9.17, 15) is 9.59 Å². The second-order valence-electron chi connectivity index (χ2n) is 5.95. The number of carbonyl (C=O) groups is 2. The number of methoxy groups -OCH3 is 1. The number of ether oxygens (including phenoxy) is 1. The van der Waals surface area contributed by atoms with Gasteiger partial charge in [0.1, 0.15) is 6.29 Å². The van der Waals surface area contributed by atoms with Crippen LogP contribution in [-0.4, -0.2) is 19.4 Å². The first-order valence-electron chi connectivity index (χ1n) is 7.86. The summed E-state index contributed by atoms with van der Waals surface area (Å²) < 4.78 is 4.71. The topological polar surface area (TPSA) is 43.4 Å². The van der Waals surface area contributed by atoms with E-state index >= 15 is 0 Å². The molecular formula is C18H24O3. The minimum Gasteiger partial charge on any atom is -0.465 e. The fourth-order valence-corrected chi connectivity index (χ4v) is 3.32. The summed E-state index contributed by atoms with van der Waals surface area (Å²) in [5.74, 6) is 0.696. The lowest BCUT2D eigenvalue weighted by atomic mass is 9.79. The Hall–Kier alpha value is -1.64. The van der Waals surface area contributed by atoms with Crippen molar-refractivity contribution in [2.45, 2.75) is 50.9 Å². The van der Waals surface area contributed by atoms with Gasteiger partial charge in [-0.05, 0) is 36.0 Å². The second-order valence-corrected chi connectivity index (χ2v) is 5.95. The predicted molar refractivity (Wildman–Crippen MR) is 82.4 cm³/mol. The lowest BCUT2D eigenvalue weighted by Crippen LogP contribution is -2.12. The van der Waals surface area contributed by atoms with Crippen LogP contribution in [0.4, 0.5) is 0 Å². The predicted octanol–water partition coefficient (Wildman–Crippen LogP) is 4.12. The molecule has 0 saturated heterocycles. The van der Waals surface area contributed by atoms with E-state index in [1.807, 2.05) is 12.1 Å². The van der Waals surface area contributed by atoms with Crippen molar-refractivity contribution in [3.8, 4) is 0 Å². The van der Waals surface area contributed by atoms with Gasteiger partial charge in [-0.3, -0.25) is 0 Å². The maximum absolute atomic E-state index is 11.5. The Labute approximate surface area is 126 Å². The molecule has 2 rings (SSSR count). The highest BCUT2D eigenvalue weighted by atomic mass is 16.5. The van der Waals surface area contributed by atoms with Gasteiger partial charge in [0.2, 0.25) is 0 Å². The van der Waals surface area contributed by atoms with Crippen molar-refractivity contribution in [3.05, 3.63) is 35.4 Å². The molecule has 3 heteroatoms. The Bertz CT molecular complexity index is 458. The van der Waals surface area contributed by atoms with Crippen molar-refractivity contribution < 1.29 is 14.3 Å². The summed E-state index contributed by atoms with van der Waals surface area (Å²) in [5, 5.41) is 0. The Kier molecular flexibility index (Phi) is 5.97. The van der Waals surface area contributed by atoms with Gasteiger partial charge in [0.05, 0.1) is 12.7 Å². The molecule has 1 aromatic rings. The highest BCUT2D eigenvalue weighted by molar-refractivity contribution is 5.89. The normalized spacial score (nSPS) is 17.2. The Morgan fingerprint density at radius 2 is 1.90 bits per heavy atom. The summed E-state index contributed by atoms with van der Waals surface area (Å²) in [6.07, 6.45) is 9.22. The second kappa shape index (κ2) is 7.96. The highest BCUT2D eigenvalue weighted by Gasteiger charge is 2.20. The lowest BCUT2D eigenvalue weighted by Gasteiger charge is -2.26. The van der Waals surface area contributed by atoms with Crippen LogP contribution in [0.5, 0.6) is 0 Å². The molecule has 1 atom stereocenters. The van der Waals surface area contributed by atoms with E-state index in [1.165, 1.54) is 39.2 Å². The average molecular weight is 288 g/mol. The smallest absolute Gasteiger partial charge is 0.337 e. The van der Waals surface area contributed by atoms with Crippen LogP contribution in [0, 0.1) is 5.92 Å². The molecule has 1 unspecified atom stereocenters. The van der Waals surface area contributed by atoms with Gasteiger partial charge >= 0.3 is 5.97 Å². The standard InChI is InChI=1S/C18H24O3/c1-21-18(20)16-9-7-15(8-10-16)17(11-12-19)13-14-5-3-2-4-6-14/h7-10,12,14,17H,2-6,11,13H2,1H3. The number of hydrogen-bond acceptors (Lipinski definition) is 3. The van der Waals surface area contributed by atoms with E-state index in [4.69, 9.17) is 4.74 Å². The fourth-order valence-electron chi connectivity index (χ4n) is 3.32. The SMILES string of the molecule is COC(=O)c1ccc(C(CC=O)CC2CCCCC2)cc1. The Morgan fingerprint density at radius 1 is 1.24 bits per heavy atom. The van der Waals surface area contributed by atoms with Crippen LogP contribution >= 0.6 is 0 Å². The first kappa shape index (κ1) is 15.7.